The zero-order valence-corrected chi connectivity index (χ0v) is 13.1. The third-order valence-electron chi connectivity index (χ3n) is 3.20. The Kier molecular flexibility index (Phi) is 5.89. The number of benzene rings is 1. The smallest absolute Gasteiger partial charge is 0.241 e. The standard InChI is InChI=1S/C16H23N3O2/c1-5-19(11-16(3,4)21)12(2)15(20)18-14-8-6-13(10-17)7-9-14/h6-9,12,21H,5,11H2,1-4H3,(H,18,20). The fourth-order valence-electron chi connectivity index (χ4n) is 2.06. The van der Waals surface area contributed by atoms with Crippen LogP contribution in [-0.2, 0) is 4.79 Å². The molecule has 0 saturated heterocycles. The fourth-order valence-corrected chi connectivity index (χ4v) is 2.06. The fraction of sp³-hybridized carbons (Fsp3) is 0.500. The summed E-state index contributed by atoms with van der Waals surface area (Å²) < 4.78 is 0. The van der Waals surface area contributed by atoms with Gasteiger partial charge in [-0.05, 0) is 51.6 Å². The molecule has 1 amide bonds. The Bertz CT molecular complexity index is 512. The zero-order chi connectivity index (χ0) is 16.0. The van der Waals surface area contributed by atoms with Crippen molar-refractivity contribution in [3.05, 3.63) is 29.8 Å². The molecule has 1 atom stereocenters. The summed E-state index contributed by atoms with van der Waals surface area (Å²) >= 11 is 0. The molecule has 21 heavy (non-hydrogen) atoms. The number of aliphatic hydroxyl groups is 1. The summed E-state index contributed by atoms with van der Waals surface area (Å²) in [6.45, 7) is 8.31. The van der Waals surface area contributed by atoms with E-state index in [1.807, 2.05) is 24.8 Å². The number of hydrogen-bond donors (Lipinski definition) is 2. The molecule has 1 unspecified atom stereocenters. The van der Waals surface area contributed by atoms with Crippen molar-refractivity contribution < 1.29 is 9.90 Å². The summed E-state index contributed by atoms with van der Waals surface area (Å²) in [5, 5.41) is 21.5. The van der Waals surface area contributed by atoms with E-state index in [1.165, 1.54) is 0 Å². The molecule has 1 aromatic carbocycles. The van der Waals surface area contributed by atoms with E-state index in [0.717, 1.165) is 0 Å². The van der Waals surface area contributed by atoms with Crippen molar-refractivity contribution in [2.24, 2.45) is 0 Å². The van der Waals surface area contributed by atoms with Gasteiger partial charge in [0.1, 0.15) is 0 Å². The van der Waals surface area contributed by atoms with E-state index in [4.69, 9.17) is 5.26 Å². The van der Waals surface area contributed by atoms with Gasteiger partial charge in [0.05, 0.1) is 23.3 Å². The highest BCUT2D eigenvalue weighted by Crippen LogP contribution is 2.12. The van der Waals surface area contributed by atoms with Gasteiger partial charge in [-0.25, -0.2) is 0 Å². The van der Waals surface area contributed by atoms with Gasteiger partial charge in [-0.2, -0.15) is 5.26 Å². The van der Waals surface area contributed by atoms with Crippen molar-refractivity contribution in [2.45, 2.75) is 39.3 Å². The van der Waals surface area contributed by atoms with Crippen LogP contribution < -0.4 is 5.32 Å². The summed E-state index contributed by atoms with van der Waals surface area (Å²) in [7, 11) is 0. The molecule has 0 fully saturated rings. The van der Waals surface area contributed by atoms with Crippen molar-refractivity contribution in [1.82, 2.24) is 4.90 Å². The van der Waals surface area contributed by atoms with Gasteiger partial charge >= 0.3 is 0 Å². The largest absolute Gasteiger partial charge is 0.389 e. The maximum Gasteiger partial charge on any atom is 0.241 e. The average Bonchev–Trinajstić information content (AvgIpc) is 2.43. The van der Waals surface area contributed by atoms with Crippen LogP contribution in [0.4, 0.5) is 5.69 Å². The Hall–Kier alpha value is -1.90. The van der Waals surface area contributed by atoms with Crippen molar-refractivity contribution in [3.63, 3.8) is 0 Å². The number of rotatable bonds is 6. The molecule has 5 nitrogen and oxygen atoms in total. The number of nitrogens with one attached hydrogen (secondary N) is 1. The summed E-state index contributed by atoms with van der Waals surface area (Å²) in [4.78, 5) is 14.2. The van der Waals surface area contributed by atoms with Crippen LogP contribution in [0.5, 0.6) is 0 Å². The van der Waals surface area contributed by atoms with Crippen LogP contribution in [0.15, 0.2) is 24.3 Å². The van der Waals surface area contributed by atoms with E-state index in [1.54, 1.807) is 38.1 Å². The number of likely N-dealkylation sites (N-methyl/N-ethyl adjacent to an activating group) is 1. The molecule has 1 aromatic rings. The van der Waals surface area contributed by atoms with Crippen molar-refractivity contribution >= 4 is 11.6 Å². The van der Waals surface area contributed by atoms with Crippen LogP contribution in [0.1, 0.15) is 33.3 Å². The second kappa shape index (κ2) is 7.21. The Morgan fingerprint density at radius 1 is 1.43 bits per heavy atom. The first kappa shape index (κ1) is 17.2. The maximum absolute atomic E-state index is 12.3. The van der Waals surface area contributed by atoms with Crippen LogP contribution in [0, 0.1) is 11.3 Å². The Labute approximate surface area is 126 Å². The predicted molar refractivity (Wildman–Crippen MR) is 82.8 cm³/mol. The van der Waals surface area contributed by atoms with Gasteiger partial charge in [0.2, 0.25) is 5.91 Å². The summed E-state index contributed by atoms with van der Waals surface area (Å²) in [5.41, 5.74) is 0.363. The summed E-state index contributed by atoms with van der Waals surface area (Å²) in [6.07, 6.45) is 0. The minimum atomic E-state index is -0.848. The summed E-state index contributed by atoms with van der Waals surface area (Å²) in [5.74, 6) is -0.134. The molecular weight excluding hydrogens is 266 g/mol. The van der Waals surface area contributed by atoms with E-state index in [9.17, 15) is 9.90 Å². The Balaban J connectivity index is 2.70. The van der Waals surface area contributed by atoms with E-state index >= 15 is 0 Å². The second-order valence-electron chi connectivity index (χ2n) is 5.73. The monoisotopic (exact) mass is 289 g/mol. The highest BCUT2D eigenvalue weighted by molar-refractivity contribution is 5.94. The van der Waals surface area contributed by atoms with Crippen molar-refractivity contribution in [3.8, 4) is 6.07 Å². The van der Waals surface area contributed by atoms with Crippen molar-refractivity contribution in [1.29, 1.82) is 5.26 Å². The molecule has 0 aliphatic rings. The molecule has 0 aliphatic heterocycles. The lowest BCUT2D eigenvalue weighted by atomic mass is 10.1. The van der Waals surface area contributed by atoms with Gasteiger partial charge in [-0.1, -0.05) is 6.92 Å². The quantitative estimate of drug-likeness (QED) is 0.839. The molecule has 2 N–H and O–H groups in total. The molecule has 0 aliphatic carbocycles. The lowest BCUT2D eigenvalue weighted by Crippen LogP contribution is -2.48. The summed E-state index contributed by atoms with van der Waals surface area (Å²) in [6, 6.07) is 8.42. The van der Waals surface area contributed by atoms with Gasteiger partial charge in [-0.15, -0.1) is 0 Å². The third kappa shape index (κ3) is 5.54. The topological polar surface area (TPSA) is 76.4 Å². The number of carbonyl (C=O) groups excluding carboxylic acids is 1. The first-order chi connectivity index (χ1) is 9.76. The van der Waals surface area contributed by atoms with Crippen LogP contribution in [0.3, 0.4) is 0 Å². The maximum atomic E-state index is 12.3. The lowest BCUT2D eigenvalue weighted by molar-refractivity contribution is -0.121. The third-order valence-corrected chi connectivity index (χ3v) is 3.20. The molecular formula is C16H23N3O2. The number of nitrogens with zero attached hydrogens (tertiary/aromatic N) is 2. The zero-order valence-electron chi connectivity index (χ0n) is 13.1. The number of amides is 1. The van der Waals surface area contributed by atoms with E-state index < -0.39 is 5.60 Å². The van der Waals surface area contributed by atoms with Gasteiger partial charge in [0, 0.05) is 12.2 Å². The number of anilines is 1. The molecule has 0 saturated carbocycles. The normalized spacial score (nSPS) is 12.8. The molecule has 0 bridgehead atoms. The van der Waals surface area contributed by atoms with Crippen LogP contribution in [0.25, 0.3) is 0 Å². The first-order valence-electron chi connectivity index (χ1n) is 7.04. The van der Waals surface area contributed by atoms with Crippen LogP contribution >= 0.6 is 0 Å². The van der Waals surface area contributed by atoms with E-state index in [-0.39, 0.29) is 11.9 Å². The number of nitriles is 1. The predicted octanol–water partition coefficient (Wildman–Crippen LogP) is 1.98. The first-order valence-corrected chi connectivity index (χ1v) is 7.04. The van der Waals surface area contributed by atoms with Gasteiger partial charge in [0.25, 0.3) is 0 Å². The van der Waals surface area contributed by atoms with Gasteiger partial charge < -0.3 is 10.4 Å². The van der Waals surface area contributed by atoms with Crippen LogP contribution in [0.2, 0.25) is 0 Å². The van der Waals surface area contributed by atoms with Crippen LogP contribution in [-0.4, -0.2) is 40.6 Å². The second-order valence-corrected chi connectivity index (χ2v) is 5.73. The number of carbonyl (C=O) groups is 1. The average molecular weight is 289 g/mol. The number of hydrogen-bond acceptors (Lipinski definition) is 4. The molecule has 0 heterocycles. The molecule has 5 heteroatoms. The minimum absolute atomic E-state index is 0.134. The van der Waals surface area contributed by atoms with E-state index in [2.05, 4.69) is 5.32 Å². The molecule has 1 rings (SSSR count). The highest BCUT2D eigenvalue weighted by atomic mass is 16.3. The lowest BCUT2D eigenvalue weighted by Gasteiger charge is -2.32. The Morgan fingerprint density at radius 3 is 2.43 bits per heavy atom. The molecule has 0 radical (unpaired) electrons. The highest BCUT2D eigenvalue weighted by Gasteiger charge is 2.25. The molecule has 114 valence electrons. The molecule has 0 aromatic heterocycles. The van der Waals surface area contributed by atoms with Gasteiger partial charge in [0.15, 0.2) is 0 Å². The van der Waals surface area contributed by atoms with E-state index in [0.29, 0.717) is 24.3 Å². The van der Waals surface area contributed by atoms with Gasteiger partial charge in [-0.3, -0.25) is 9.69 Å². The minimum Gasteiger partial charge on any atom is -0.389 e. The Morgan fingerprint density at radius 2 is 2.00 bits per heavy atom. The van der Waals surface area contributed by atoms with Crippen molar-refractivity contribution in [2.75, 3.05) is 18.4 Å². The SMILES string of the molecule is CCN(CC(C)(C)O)C(C)C(=O)Nc1ccc(C#N)cc1. The molecule has 0 spiro atoms.